The monoisotopic (exact) mass is 412 g/mol. The summed E-state index contributed by atoms with van der Waals surface area (Å²) >= 11 is 1.70. The number of nitrogens with one attached hydrogen (secondary N) is 1. The van der Waals surface area contributed by atoms with E-state index in [4.69, 9.17) is 5.73 Å². The minimum Gasteiger partial charge on any atom is -0.366 e. The summed E-state index contributed by atoms with van der Waals surface area (Å²) in [6.45, 7) is 0. The van der Waals surface area contributed by atoms with E-state index in [9.17, 15) is 13.9 Å². The zero-order valence-corrected chi connectivity index (χ0v) is 16.6. The Morgan fingerprint density at radius 2 is 2.04 bits per heavy atom. The second kappa shape index (κ2) is 6.35. The molecule has 1 amide bonds. The van der Waals surface area contributed by atoms with Gasteiger partial charge in [0.15, 0.2) is 0 Å². The van der Waals surface area contributed by atoms with E-state index in [1.54, 1.807) is 11.3 Å². The predicted octanol–water partition coefficient (Wildman–Crippen LogP) is 5.39. The highest BCUT2D eigenvalue weighted by molar-refractivity contribution is 8.24. The van der Waals surface area contributed by atoms with E-state index in [2.05, 4.69) is 40.7 Å². The molecule has 4 aromatic rings. The Hall–Kier alpha value is -2.32. The number of nitrogens with two attached hydrogens (primary N) is 1. The molecule has 28 heavy (non-hydrogen) atoms. The number of benzene rings is 2. The molecule has 0 bridgehead atoms. The molecule has 0 radical (unpaired) electrons. The summed E-state index contributed by atoms with van der Waals surface area (Å²) in [7, 11) is -2.50. The van der Waals surface area contributed by atoms with Crippen LogP contribution in [0.3, 0.4) is 0 Å². The zero-order chi connectivity index (χ0) is 19.5. The summed E-state index contributed by atoms with van der Waals surface area (Å²) in [6, 6.07) is 12.3. The number of rotatable bonds is 3. The quantitative estimate of drug-likeness (QED) is 0.363. The number of aromatic amines is 1. The second-order valence-corrected chi connectivity index (χ2v) is 10.7. The molecule has 2 aromatic heterocycles. The molecular weight excluding hydrogens is 392 g/mol. The fraction of sp³-hybridized carbons (Fsp3) is 0.190. The first-order chi connectivity index (χ1) is 13.4. The number of H-pyrrole nitrogens is 1. The highest BCUT2D eigenvalue weighted by Gasteiger charge is 2.31. The summed E-state index contributed by atoms with van der Waals surface area (Å²) in [5.74, 6) is 0.389. The number of hydrogen-bond acceptors (Lipinski definition) is 4. The number of amides is 1. The van der Waals surface area contributed by atoms with Gasteiger partial charge in [-0.3, -0.25) is 13.9 Å². The largest absolute Gasteiger partial charge is 0.366 e. The van der Waals surface area contributed by atoms with Crippen LogP contribution >= 0.6 is 21.9 Å². The SMILES string of the molecule is NC(=O)c1cc(-c2ccc3sccc3c2)cc2c(C3CCS(O)(O)C3)c[nH]c12. The second-order valence-electron chi connectivity index (χ2n) is 7.39. The third-order valence-electron chi connectivity index (χ3n) is 5.57. The standard InChI is InChI=1S/C21H20N2O3S2/c22-21(24)17-9-15(12-1-2-19-13(7-12)3-5-27-19)8-16-18(10-23-20(16)17)14-4-6-28(25,26)11-14/h1-3,5,7-10,14,23,25-26H,4,6,11H2,(H2,22,24). The van der Waals surface area contributed by atoms with Gasteiger partial charge < -0.3 is 10.7 Å². The van der Waals surface area contributed by atoms with Crippen LogP contribution in [0.2, 0.25) is 0 Å². The van der Waals surface area contributed by atoms with Crippen LogP contribution in [-0.2, 0) is 0 Å². The van der Waals surface area contributed by atoms with Gasteiger partial charge in [-0.2, -0.15) is 10.6 Å². The molecule has 2 aromatic carbocycles. The lowest BCUT2D eigenvalue weighted by atomic mass is 9.93. The van der Waals surface area contributed by atoms with E-state index >= 15 is 0 Å². The van der Waals surface area contributed by atoms with Crippen molar-refractivity contribution < 1.29 is 13.9 Å². The van der Waals surface area contributed by atoms with Gasteiger partial charge in [-0.05, 0) is 64.2 Å². The van der Waals surface area contributed by atoms with Crippen molar-refractivity contribution in [2.45, 2.75) is 12.3 Å². The summed E-state index contributed by atoms with van der Waals surface area (Å²) < 4.78 is 21.3. The van der Waals surface area contributed by atoms with Gasteiger partial charge in [0.1, 0.15) is 0 Å². The summed E-state index contributed by atoms with van der Waals surface area (Å²) in [6.07, 6.45) is 2.61. The number of fused-ring (bicyclic) bond motifs is 2. The summed E-state index contributed by atoms with van der Waals surface area (Å²) in [5.41, 5.74) is 9.82. The highest BCUT2D eigenvalue weighted by atomic mass is 32.3. The molecule has 5 N–H and O–H groups in total. The first-order valence-electron chi connectivity index (χ1n) is 9.07. The van der Waals surface area contributed by atoms with E-state index in [1.807, 2.05) is 12.3 Å². The molecule has 1 aliphatic heterocycles. The first-order valence-corrected chi connectivity index (χ1v) is 11.8. The lowest BCUT2D eigenvalue weighted by molar-refractivity contribution is 0.100. The Bertz CT molecular complexity index is 1230. The van der Waals surface area contributed by atoms with Crippen molar-refractivity contribution in [3.8, 4) is 11.1 Å². The minimum atomic E-state index is -2.50. The van der Waals surface area contributed by atoms with Crippen molar-refractivity contribution in [2.75, 3.05) is 11.5 Å². The van der Waals surface area contributed by atoms with Crippen LogP contribution in [0.1, 0.15) is 28.3 Å². The molecule has 5 rings (SSSR count). The van der Waals surface area contributed by atoms with E-state index in [0.29, 0.717) is 22.6 Å². The van der Waals surface area contributed by atoms with Crippen molar-refractivity contribution in [3.63, 3.8) is 0 Å². The van der Waals surface area contributed by atoms with Crippen LogP contribution in [0.5, 0.6) is 0 Å². The highest BCUT2D eigenvalue weighted by Crippen LogP contribution is 2.52. The van der Waals surface area contributed by atoms with Crippen LogP contribution in [0.15, 0.2) is 48.0 Å². The molecule has 0 aliphatic carbocycles. The maximum Gasteiger partial charge on any atom is 0.250 e. The Kier molecular flexibility index (Phi) is 4.03. The predicted molar refractivity (Wildman–Crippen MR) is 118 cm³/mol. The number of primary amides is 1. The molecule has 3 heterocycles. The smallest absolute Gasteiger partial charge is 0.250 e. The molecule has 5 nitrogen and oxygen atoms in total. The van der Waals surface area contributed by atoms with Gasteiger partial charge in [0.05, 0.1) is 11.1 Å². The molecule has 1 unspecified atom stereocenters. The minimum absolute atomic E-state index is 0.0640. The van der Waals surface area contributed by atoms with Gasteiger partial charge in [-0.25, -0.2) is 0 Å². The molecule has 1 saturated heterocycles. The maximum atomic E-state index is 12.1. The molecule has 1 aliphatic rings. The number of thiophene rings is 1. The molecule has 144 valence electrons. The lowest BCUT2D eigenvalue weighted by Gasteiger charge is -2.26. The number of hydrogen-bond donors (Lipinski definition) is 4. The van der Waals surface area contributed by atoms with Gasteiger partial charge >= 0.3 is 0 Å². The van der Waals surface area contributed by atoms with Crippen LogP contribution in [0.25, 0.3) is 32.1 Å². The number of carbonyl (C=O) groups is 1. The van der Waals surface area contributed by atoms with Gasteiger partial charge in [-0.1, -0.05) is 6.07 Å². The third kappa shape index (κ3) is 2.91. The number of aromatic nitrogens is 1. The Labute approximate surface area is 167 Å². The van der Waals surface area contributed by atoms with E-state index in [-0.39, 0.29) is 5.92 Å². The maximum absolute atomic E-state index is 12.1. The molecule has 1 fully saturated rings. The fourth-order valence-electron chi connectivity index (χ4n) is 4.16. The third-order valence-corrected chi connectivity index (χ3v) is 8.30. The Morgan fingerprint density at radius 3 is 2.79 bits per heavy atom. The molecule has 7 heteroatoms. The van der Waals surface area contributed by atoms with Gasteiger partial charge in [0, 0.05) is 33.7 Å². The van der Waals surface area contributed by atoms with Crippen molar-refractivity contribution in [1.82, 2.24) is 4.98 Å². The van der Waals surface area contributed by atoms with Gasteiger partial charge in [0.25, 0.3) is 5.91 Å². The molecule has 0 spiro atoms. The van der Waals surface area contributed by atoms with E-state index in [0.717, 1.165) is 28.5 Å². The zero-order valence-electron chi connectivity index (χ0n) is 15.0. The Morgan fingerprint density at radius 1 is 1.18 bits per heavy atom. The van der Waals surface area contributed by atoms with Crippen LogP contribution in [-0.4, -0.2) is 31.5 Å². The summed E-state index contributed by atoms with van der Waals surface area (Å²) in [4.78, 5) is 15.3. The van der Waals surface area contributed by atoms with E-state index < -0.39 is 16.5 Å². The normalized spacial score (nSPS) is 20.0. The van der Waals surface area contributed by atoms with E-state index in [1.165, 1.54) is 10.1 Å². The topological polar surface area (TPSA) is 99.3 Å². The molecule has 1 atom stereocenters. The van der Waals surface area contributed by atoms with Crippen LogP contribution in [0.4, 0.5) is 0 Å². The molecular formula is C21H20N2O3S2. The first kappa shape index (κ1) is 17.8. The van der Waals surface area contributed by atoms with Crippen molar-refractivity contribution in [3.05, 3.63) is 59.1 Å². The van der Waals surface area contributed by atoms with Crippen LogP contribution in [0, 0.1) is 0 Å². The van der Waals surface area contributed by atoms with Crippen molar-refractivity contribution in [2.24, 2.45) is 5.73 Å². The van der Waals surface area contributed by atoms with Crippen LogP contribution < -0.4 is 5.73 Å². The number of carbonyl (C=O) groups excluding carboxylic acids is 1. The fourth-order valence-corrected chi connectivity index (χ4v) is 6.75. The van der Waals surface area contributed by atoms with Crippen molar-refractivity contribution in [1.29, 1.82) is 0 Å². The average Bonchev–Trinajstić information content (AvgIpc) is 3.37. The van der Waals surface area contributed by atoms with Gasteiger partial charge in [0.2, 0.25) is 0 Å². The summed E-state index contributed by atoms with van der Waals surface area (Å²) in [5, 5.41) is 4.16. The Balaban J connectivity index is 1.69. The lowest BCUT2D eigenvalue weighted by Crippen LogP contribution is -2.11. The molecule has 0 saturated carbocycles. The van der Waals surface area contributed by atoms with Crippen molar-refractivity contribution >= 4 is 48.8 Å². The van der Waals surface area contributed by atoms with Gasteiger partial charge in [-0.15, -0.1) is 11.3 Å². The average molecular weight is 413 g/mol.